The summed E-state index contributed by atoms with van der Waals surface area (Å²) in [6.45, 7) is 6.99. The summed E-state index contributed by atoms with van der Waals surface area (Å²) < 4.78 is 0. The van der Waals surface area contributed by atoms with Crippen molar-refractivity contribution >= 4 is 5.91 Å². The van der Waals surface area contributed by atoms with Crippen molar-refractivity contribution < 1.29 is 4.79 Å². The quantitative estimate of drug-likeness (QED) is 0.879. The lowest BCUT2D eigenvalue weighted by Crippen LogP contribution is -2.52. The van der Waals surface area contributed by atoms with Crippen molar-refractivity contribution in [2.45, 2.75) is 32.2 Å². The SMILES string of the molecule is Cc1ccccc1[C@@H]1C[C@@H]1C(=O)N1CCNC[C@@H]1C. The van der Waals surface area contributed by atoms with Gasteiger partial charge in [0.1, 0.15) is 0 Å². The van der Waals surface area contributed by atoms with Gasteiger partial charge < -0.3 is 10.2 Å². The maximum atomic E-state index is 12.6. The molecule has 1 amide bonds. The summed E-state index contributed by atoms with van der Waals surface area (Å²) in [5.41, 5.74) is 2.68. The predicted molar refractivity (Wildman–Crippen MR) is 76.1 cm³/mol. The molecule has 2 aliphatic rings. The van der Waals surface area contributed by atoms with Crippen LogP contribution in [0.2, 0.25) is 0 Å². The average molecular weight is 258 g/mol. The van der Waals surface area contributed by atoms with Crippen molar-refractivity contribution in [2.24, 2.45) is 5.92 Å². The Labute approximate surface area is 115 Å². The number of aryl methyl sites for hydroxylation is 1. The van der Waals surface area contributed by atoms with Gasteiger partial charge in [0.2, 0.25) is 5.91 Å². The molecule has 0 radical (unpaired) electrons. The minimum Gasteiger partial charge on any atom is -0.337 e. The summed E-state index contributed by atoms with van der Waals surface area (Å²) in [6.07, 6.45) is 1.03. The Balaban J connectivity index is 1.69. The number of nitrogens with zero attached hydrogens (tertiary/aromatic N) is 1. The number of benzene rings is 1. The molecule has 102 valence electrons. The molecular weight excluding hydrogens is 236 g/mol. The van der Waals surface area contributed by atoms with Crippen molar-refractivity contribution in [1.82, 2.24) is 10.2 Å². The Morgan fingerprint density at radius 2 is 2.16 bits per heavy atom. The summed E-state index contributed by atoms with van der Waals surface area (Å²) in [5, 5.41) is 3.34. The summed E-state index contributed by atoms with van der Waals surface area (Å²) in [4.78, 5) is 14.6. The van der Waals surface area contributed by atoms with Crippen LogP contribution < -0.4 is 5.32 Å². The van der Waals surface area contributed by atoms with Crippen LogP contribution in [0.3, 0.4) is 0 Å². The number of rotatable bonds is 2. The number of hydrogen-bond donors (Lipinski definition) is 1. The van der Waals surface area contributed by atoms with E-state index in [0.717, 1.165) is 26.1 Å². The van der Waals surface area contributed by atoms with E-state index in [1.807, 2.05) is 0 Å². The second-order valence-electron chi connectivity index (χ2n) is 5.89. The van der Waals surface area contributed by atoms with E-state index >= 15 is 0 Å². The number of nitrogens with one attached hydrogen (secondary N) is 1. The van der Waals surface area contributed by atoms with E-state index in [1.54, 1.807) is 0 Å². The van der Waals surface area contributed by atoms with Crippen LogP contribution >= 0.6 is 0 Å². The maximum Gasteiger partial charge on any atom is 0.226 e. The molecule has 3 atom stereocenters. The molecule has 1 aromatic rings. The van der Waals surface area contributed by atoms with Gasteiger partial charge in [-0.3, -0.25) is 4.79 Å². The van der Waals surface area contributed by atoms with Crippen LogP contribution in [-0.2, 0) is 4.79 Å². The number of amides is 1. The molecule has 3 nitrogen and oxygen atoms in total. The van der Waals surface area contributed by atoms with E-state index in [2.05, 4.69) is 48.3 Å². The van der Waals surface area contributed by atoms with Gasteiger partial charge >= 0.3 is 0 Å². The minimum atomic E-state index is 0.224. The largest absolute Gasteiger partial charge is 0.337 e. The predicted octanol–water partition coefficient (Wildman–Crippen LogP) is 1.92. The van der Waals surface area contributed by atoms with Crippen molar-refractivity contribution in [3.05, 3.63) is 35.4 Å². The van der Waals surface area contributed by atoms with Crippen LogP contribution in [0.15, 0.2) is 24.3 Å². The van der Waals surface area contributed by atoms with E-state index in [9.17, 15) is 4.79 Å². The summed E-state index contributed by atoms with van der Waals surface area (Å²) in [7, 11) is 0. The summed E-state index contributed by atoms with van der Waals surface area (Å²) in [6, 6.07) is 8.79. The molecule has 19 heavy (non-hydrogen) atoms. The normalized spacial score (nSPS) is 30.2. The van der Waals surface area contributed by atoms with Crippen LogP contribution in [0.1, 0.15) is 30.4 Å². The van der Waals surface area contributed by atoms with Gasteiger partial charge in [0.05, 0.1) is 0 Å². The van der Waals surface area contributed by atoms with E-state index in [-0.39, 0.29) is 5.92 Å². The highest BCUT2D eigenvalue weighted by Gasteiger charge is 2.47. The molecule has 1 aromatic carbocycles. The molecule has 0 aromatic heterocycles. The van der Waals surface area contributed by atoms with Gasteiger partial charge in [-0.25, -0.2) is 0 Å². The fraction of sp³-hybridized carbons (Fsp3) is 0.562. The lowest BCUT2D eigenvalue weighted by atomic mass is 10.0. The molecule has 1 saturated carbocycles. The van der Waals surface area contributed by atoms with Gasteiger partial charge in [0.25, 0.3) is 0 Å². The molecule has 0 bridgehead atoms. The standard InChI is InChI=1S/C16H22N2O/c1-11-5-3-4-6-13(11)14-9-15(14)16(19)18-8-7-17-10-12(18)2/h3-6,12,14-15,17H,7-10H2,1-2H3/t12-,14-,15-/m0/s1. The highest BCUT2D eigenvalue weighted by molar-refractivity contribution is 5.83. The van der Waals surface area contributed by atoms with Gasteiger partial charge in [-0.05, 0) is 37.3 Å². The van der Waals surface area contributed by atoms with E-state index in [0.29, 0.717) is 17.9 Å². The molecule has 1 aliphatic heterocycles. The molecule has 1 aliphatic carbocycles. The Morgan fingerprint density at radius 3 is 2.89 bits per heavy atom. The van der Waals surface area contributed by atoms with Crippen molar-refractivity contribution in [2.75, 3.05) is 19.6 Å². The molecule has 1 N–H and O–H groups in total. The van der Waals surface area contributed by atoms with Crippen LogP contribution in [0, 0.1) is 12.8 Å². The molecule has 1 saturated heterocycles. The number of hydrogen-bond acceptors (Lipinski definition) is 2. The van der Waals surface area contributed by atoms with Crippen molar-refractivity contribution in [1.29, 1.82) is 0 Å². The van der Waals surface area contributed by atoms with Crippen LogP contribution in [0.25, 0.3) is 0 Å². The third kappa shape index (κ3) is 2.39. The van der Waals surface area contributed by atoms with Crippen molar-refractivity contribution in [3.8, 4) is 0 Å². The summed E-state index contributed by atoms with van der Waals surface area (Å²) in [5.74, 6) is 1.04. The highest BCUT2D eigenvalue weighted by Crippen LogP contribution is 2.49. The molecule has 0 unspecified atom stereocenters. The molecule has 0 spiro atoms. The Morgan fingerprint density at radius 1 is 1.37 bits per heavy atom. The third-order valence-corrected chi connectivity index (χ3v) is 4.48. The Kier molecular flexibility index (Phi) is 3.31. The fourth-order valence-electron chi connectivity index (χ4n) is 3.20. The van der Waals surface area contributed by atoms with Crippen LogP contribution in [-0.4, -0.2) is 36.5 Å². The number of piperazine rings is 1. The lowest BCUT2D eigenvalue weighted by molar-refractivity contribution is -0.135. The first-order valence-corrected chi connectivity index (χ1v) is 7.25. The molecule has 2 fully saturated rings. The molecular formula is C16H22N2O. The fourth-order valence-corrected chi connectivity index (χ4v) is 3.20. The number of carbonyl (C=O) groups is 1. The zero-order valence-electron chi connectivity index (χ0n) is 11.7. The zero-order chi connectivity index (χ0) is 13.4. The van der Waals surface area contributed by atoms with Crippen LogP contribution in [0.5, 0.6) is 0 Å². The van der Waals surface area contributed by atoms with E-state index in [4.69, 9.17) is 0 Å². The second kappa shape index (κ2) is 4.97. The molecule has 3 heteroatoms. The minimum absolute atomic E-state index is 0.224. The Bertz CT molecular complexity index is 485. The smallest absolute Gasteiger partial charge is 0.226 e. The highest BCUT2D eigenvalue weighted by atomic mass is 16.2. The first-order valence-electron chi connectivity index (χ1n) is 7.25. The van der Waals surface area contributed by atoms with Crippen molar-refractivity contribution in [3.63, 3.8) is 0 Å². The van der Waals surface area contributed by atoms with Gasteiger partial charge in [-0.15, -0.1) is 0 Å². The second-order valence-corrected chi connectivity index (χ2v) is 5.89. The monoisotopic (exact) mass is 258 g/mol. The van der Waals surface area contributed by atoms with E-state index in [1.165, 1.54) is 11.1 Å². The van der Waals surface area contributed by atoms with Gasteiger partial charge in [0, 0.05) is 31.6 Å². The third-order valence-electron chi connectivity index (χ3n) is 4.48. The summed E-state index contributed by atoms with van der Waals surface area (Å²) >= 11 is 0. The van der Waals surface area contributed by atoms with Gasteiger partial charge in [-0.1, -0.05) is 24.3 Å². The van der Waals surface area contributed by atoms with Gasteiger partial charge in [0.15, 0.2) is 0 Å². The van der Waals surface area contributed by atoms with Crippen LogP contribution in [0.4, 0.5) is 0 Å². The maximum absolute atomic E-state index is 12.6. The molecule has 3 rings (SSSR count). The zero-order valence-corrected chi connectivity index (χ0v) is 11.7. The number of carbonyl (C=O) groups excluding carboxylic acids is 1. The first kappa shape index (κ1) is 12.7. The lowest BCUT2D eigenvalue weighted by Gasteiger charge is -2.34. The Hall–Kier alpha value is -1.35. The van der Waals surface area contributed by atoms with Gasteiger partial charge in [-0.2, -0.15) is 0 Å². The topological polar surface area (TPSA) is 32.3 Å². The van der Waals surface area contributed by atoms with E-state index < -0.39 is 0 Å². The first-order chi connectivity index (χ1) is 9.18. The molecule has 1 heterocycles. The average Bonchev–Trinajstić information content (AvgIpc) is 3.19.